The van der Waals surface area contributed by atoms with E-state index in [2.05, 4.69) is 4.98 Å². The topological polar surface area (TPSA) is 56.3 Å². The number of fused-ring (bicyclic) bond motifs is 1. The highest BCUT2D eigenvalue weighted by atomic mass is 35.5. The van der Waals surface area contributed by atoms with Gasteiger partial charge in [0.15, 0.2) is 0 Å². The molecule has 0 radical (unpaired) electrons. The predicted molar refractivity (Wildman–Crippen MR) is 67.0 cm³/mol. The third kappa shape index (κ3) is 2.87. The van der Waals surface area contributed by atoms with E-state index in [1.807, 2.05) is 6.92 Å². The van der Waals surface area contributed by atoms with Crippen LogP contribution in [0.15, 0.2) is 24.3 Å². The number of nitrogens with zero attached hydrogens (tertiary/aromatic N) is 1. The van der Waals surface area contributed by atoms with Gasteiger partial charge in [-0.3, -0.25) is 0 Å². The summed E-state index contributed by atoms with van der Waals surface area (Å²) in [5.41, 5.74) is 1.59. The largest absolute Gasteiger partial charge is 0.383 e. The molecule has 1 aromatic carbocycles. The van der Waals surface area contributed by atoms with Gasteiger partial charge in [-0.2, -0.15) is 8.42 Å². The van der Waals surface area contributed by atoms with E-state index in [0.717, 1.165) is 17.2 Å². The third-order valence-electron chi connectivity index (χ3n) is 2.20. The molecule has 0 unspecified atom stereocenters. The Kier molecular flexibility index (Phi) is 2.97. The first-order valence-electron chi connectivity index (χ1n) is 4.81. The maximum absolute atomic E-state index is 11.0. The van der Waals surface area contributed by atoms with Crippen LogP contribution in [0.3, 0.4) is 0 Å². The number of benzene rings is 1. The highest BCUT2D eigenvalue weighted by Gasteiger charge is 2.07. The van der Waals surface area contributed by atoms with Crippen molar-refractivity contribution in [1.82, 2.24) is 4.98 Å². The van der Waals surface area contributed by atoms with Crippen LogP contribution in [0.5, 0.6) is 5.75 Å². The summed E-state index contributed by atoms with van der Waals surface area (Å²) in [5, 5.41) is 1.28. The van der Waals surface area contributed by atoms with Crippen molar-refractivity contribution in [2.45, 2.75) is 6.92 Å². The Labute approximate surface area is 104 Å². The van der Waals surface area contributed by atoms with Gasteiger partial charge in [-0.25, -0.2) is 4.98 Å². The van der Waals surface area contributed by atoms with Crippen molar-refractivity contribution in [2.24, 2.45) is 0 Å². The molecule has 0 aliphatic heterocycles. The molecule has 0 saturated heterocycles. The fourth-order valence-electron chi connectivity index (χ4n) is 1.57. The Morgan fingerprint density at radius 2 is 2.00 bits per heavy atom. The highest BCUT2D eigenvalue weighted by molar-refractivity contribution is 7.86. The molecule has 6 heteroatoms. The fourth-order valence-corrected chi connectivity index (χ4v) is 2.28. The lowest BCUT2D eigenvalue weighted by molar-refractivity contribution is 0.493. The van der Waals surface area contributed by atoms with Crippen LogP contribution in [0, 0.1) is 6.92 Å². The Balaban J connectivity index is 2.58. The Morgan fingerprint density at radius 3 is 2.65 bits per heavy atom. The molecule has 0 aliphatic rings. The molecule has 0 amide bonds. The van der Waals surface area contributed by atoms with Crippen molar-refractivity contribution < 1.29 is 12.6 Å². The van der Waals surface area contributed by atoms with Crippen LogP contribution in [-0.2, 0) is 10.1 Å². The number of aromatic nitrogens is 1. The van der Waals surface area contributed by atoms with Crippen LogP contribution in [0.4, 0.5) is 0 Å². The van der Waals surface area contributed by atoms with E-state index in [4.69, 9.17) is 15.8 Å². The zero-order valence-electron chi connectivity index (χ0n) is 9.27. The molecule has 2 rings (SSSR count). The molecule has 1 heterocycles. The second-order valence-corrected chi connectivity index (χ2v) is 5.69. The quantitative estimate of drug-likeness (QED) is 0.622. The van der Waals surface area contributed by atoms with Gasteiger partial charge >= 0.3 is 10.1 Å². The summed E-state index contributed by atoms with van der Waals surface area (Å²) in [6.45, 7) is 1.91. The SMILES string of the molecule is Cc1cc(Cl)nc2cc(OS(C)(=O)=O)ccc12. The molecule has 2 aromatic rings. The lowest BCUT2D eigenvalue weighted by atomic mass is 10.1. The van der Waals surface area contributed by atoms with Crippen LogP contribution < -0.4 is 4.18 Å². The maximum atomic E-state index is 11.0. The zero-order chi connectivity index (χ0) is 12.6. The second kappa shape index (κ2) is 4.16. The lowest BCUT2D eigenvalue weighted by Gasteiger charge is -2.06. The van der Waals surface area contributed by atoms with Gasteiger partial charge in [0.05, 0.1) is 11.8 Å². The van der Waals surface area contributed by atoms with E-state index in [1.165, 1.54) is 0 Å². The molecule has 0 fully saturated rings. The van der Waals surface area contributed by atoms with Gasteiger partial charge in [0.1, 0.15) is 10.9 Å². The summed E-state index contributed by atoms with van der Waals surface area (Å²) >= 11 is 5.84. The Hall–Kier alpha value is -1.33. The van der Waals surface area contributed by atoms with Crippen LogP contribution in [0.2, 0.25) is 5.15 Å². The fraction of sp³-hybridized carbons (Fsp3) is 0.182. The molecule has 0 atom stereocenters. The van der Waals surface area contributed by atoms with E-state index in [1.54, 1.807) is 24.3 Å². The molecule has 4 nitrogen and oxygen atoms in total. The van der Waals surface area contributed by atoms with Crippen molar-refractivity contribution in [3.8, 4) is 5.75 Å². The summed E-state index contributed by atoms with van der Waals surface area (Å²) in [6.07, 6.45) is 0.994. The first-order chi connectivity index (χ1) is 7.85. The van der Waals surface area contributed by atoms with Gasteiger partial charge in [-0.15, -0.1) is 0 Å². The van der Waals surface area contributed by atoms with Gasteiger partial charge < -0.3 is 4.18 Å². The number of pyridine rings is 1. The van der Waals surface area contributed by atoms with E-state index in [-0.39, 0.29) is 5.75 Å². The van der Waals surface area contributed by atoms with E-state index >= 15 is 0 Å². The Bertz CT molecular complexity index is 682. The lowest BCUT2D eigenvalue weighted by Crippen LogP contribution is -2.05. The van der Waals surface area contributed by atoms with Crippen molar-refractivity contribution in [2.75, 3.05) is 6.26 Å². The van der Waals surface area contributed by atoms with Crippen molar-refractivity contribution in [1.29, 1.82) is 0 Å². The van der Waals surface area contributed by atoms with E-state index in [9.17, 15) is 8.42 Å². The maximum Gasteiger partial charge on any atom is 0.306 e. The number of hydrogen-bond donors (Lipinski definition) is 0. The molecule has 0 saturated carbocycles. The minimum absolute atomic E-state index is 0.231. The molecule has 0 N–H and O–H groups in total. The number of rotatable bonds is 2. The highest BCUT2D eigenvalue weighted by Crippen LogP contribution is 2.24. The zero-order valence-corrected chi connectivity index (χ0v) is 10.8. The summed E-state index contributed by atoms with van der Waals surface area (Å²) in [4.78, 5) is 4.12. The molecule has 0 bridgehead atoms. The molecule has 0 aliphatic carbocycles. The molecule has 90 valence electrons. The van der Waals surface area contributed by atoms with Crippen LogP contribution in [0.1, 0.15) is 5.56 Å². The average molecular weight is 272 g/mol. The monoisotopic (exact) mass is 271 g/mol. The van der Waals surface area contributed by atoms with E-state index in [0.29, 0.717) is 10.7 Å². The first kappa shape index (κ1) is 12.1. The first-order valence-corrected chi connectivity index (χ1v) is 7.01. The second-order valence-electron chi connectivity index (χ2n) is 3.73. The Morgan fingerprint density at radius 1 is 1.29 bits per heavy atom. The van der Waals surface area contributed by atoms with Crippen molar-refractivity contribution in [3.05, 3.63) is 35.0 Å². The van der Waals surface area contributed by atoms with Gasteiger partial charge in [0.2, 0.25) is 0 Å². The van der Waals surface area contributed by atoms with Gasteiger partial charge in [0, 0.05) is 11.5 Å². The van der Waals surface area contributed by atoms with Crippen LogP contribution in [0.25, 0.3) is 10.9 Å². The number of aryl methyl sites for hydroxylation is 1. The van der Waals surface area contributed by atoms with Crippen molar-refractivity contribution >= 4 is 32.6 Å². The summed E-state index contributed by atoms with van der Waals surface area (Å²) in [7, 11) is -3.53. The van der Waals surface area contributed by atoms with Gasteiger partial charge in [-0.05, 0) is 30.7 Å². The molecule has 0 spiro atoms. The normalized spacial score (nSPS) is 11.7. The standard InChI is InChI=1S/C11H10ClNO3S/c1-7-5-11(12)13-10-6-8(3-4-9(7)10)16-17(2,14)15/h3-6H,1-2H3. The molecular formula is C11H10ClNO3S. The molecule has 17 heavy (non-hydrogen) atoms. The third-order valence-corrected chi connectivity index (χ3v) is 2.89. The molecular weight excluding hydrogens is 262 g/mol. The van der Waals surface area contributed by atoms with Crippen molar-refractivity contribution in [3.63, 3.8) is 0 Å². The summed E-state index contributed by atoms with van der Waals surface area (Å²) in [5.74, 6) is 0.231. The molecule has 1 aromatic heterocycles. The predicted octanol–water partition coefficient (Wildman–Crippen LogP) is 2.54. The minimum atomic E-state index is -3.53. The minimum Gasteiger partial charge on any atom is -0.383 e. The van der Waals surface area contributed by atoms with Crippen LogP contribution in [-0.4, -0.2) is 19.7 Å². The number of hydrogen-bond acceptors (Lipinski definition) is 4. The smallest absolute Gasteiger partial charge is 0.306 e. The van der Waals surface area contributed by atoms with Gasteiger partial charge in [-0.1, -0.05) is 11.6 Å². The summed E-state index contributed by atoms with van der Waals surface area (Å²) < 4.78 is 26.8. The summed E-state index contributed by atoms with van der Waals surface area (Å²) in [6, 6.07) is 6.65. The van der Waals surface area contributed by atoms with Crippen LogP contribution >= 0.6 is 11.6 Å². The van der Waals surface area contributed by atoms with E-state index < -0.39 is 10.1 Å². The average Bonchev–Trinajstić information content (AvgIpc) is 2.13. The van der Waals surface area contributed by atoms with Gasteiger partial charge in [0.25, 0.3) is 0 Å². The number of halogens is 1.